The van der Waals surface area contributed by atoms with Crippen molar-refractivity contribution in [2.75, 3.05) is 0 Å². The van der Waals surface area contributed by atoms with Crippen molar-refractivity contribution in [2.24, 2.45) is 5.10 Å². The Kier molecular flexibility index (Phi) is 6.18. The van der Waals surface area contributed by atoms with Crippen LogP contribution in [0.2, 0.25) is 0 Å². The zero-order valence-electron chi connectivity index (χ0n) is 14.6. The van der Waals surface area contributed by atoms with Gasteiger partial charge in [-0.25, -0.2) is 4.98 Å². The summed E-state index contributed by atoms with van der Waals surface area (Å²) in [4.78, 5) is 17.7. The third-order valence-corrected chi connectivity index (χ3v) is 5.95. The van der Waals surface area contributed by atoms with Crippen LogP contribution in [0, 0.1) is 0 Å². The van der Waals surface area contributed by atoms with E-state index < -0.39 is 0 Å². The van der Waals surface area contributed by atoms with Gasteiger partial charge in [0.1, 0.15) is 11.6 Å². The van der Waals surface area contributed by atoms with E-state index >= 15 is 0 Å². The maximum Gasteiger partial charge on any atom is 0.282 e. The molecule has 0 fully saturated rings. The minimum absolute atomic E-state index is 0.0705. The van der Waals surface area contributed by atoms with Gasteiger partial charge < -0.3 is 5.11 Å². The van der Waals surface area contributed by atoms with Crippen LogP contribution >= 0.6 is 47.8 Å². The minimum Gasteiger partial charge on any atom is -0.506 e. The zero-order chi connectivity index (χ0) is 19.7. The molecular weight excluding hydrogens is 542 g/mol. The molecule has 27 heavy (non-hydrogen) atoms. The number of benzene rings is 2. The fourth-order valence-electron chi connectivity index (χ4n) is 2.56. The quantitative estimate of drug-likeness (QED) is 0.413. The molecule has 1 N–H and O–H groups in total. The monoisotopic (exact) mass is 555 g/mol. The van der Waals surface area contributed by atoms with Crippen molar-refractivity contribution in [1.82, 2.24) is 9.66 Å². The van der Waals surface area contributed by atoms with Crippen LogP contribution in [-0.4, -0.2) is 21.0 Å². The molecular formula is C19H16Br3N3O2. The summed E-state index contributed by atoms with van der Waals surface area (Å²) in [5.74, 6) is 0.800. The second kappa shape index (κ2) is 8.24. The standard InChI is InChI=1S/C19H16Br3N3O2/c1-3-10(2)18-24-16-5-4-12(20)8-13(16)19(27)25(18)23-9-11-6-14(21)17(26)15(22)7-11/h4-10,26H,3H2,1-2H3/t10-/m1/s1. The summed E-state index contributed by atoms with van der Waals surface area (Å²) in [5, 5.41) is 14.8. The third-order valence-electron chi connectivity index (χ3n) is 4.25. The highest BCUT2D eigenvalue weighted by molar-refractivity contribution is 9.11. The number of hydrogen-bond acceptors (Lipinski definition) is 4. The molecule has 140 valence electrons. The molecule has 1 atom stereocenters. The Labute approximate surface area is 181 Å². The van der Waals surface area contributed by atoms with E-state index in [0.717, 1.165) is 16.5 Å². The Morgan fingerprint density at radius 1 is 1.22 bits per heavy atom. The topological polar surface area (TPSA) is 67.5 Å². The van der Waals surface area contributed by atoms with E-state index in [1.54, 1.807) is 24.4 Å². The van der Waals surface area contributed by atoms with Crippen LogP contribution in [-0.2, 0) is 0 Å². The molecule has 0 radical (unpaired) electrons. The fourth-order valence-corrected chi connectivity index (χ4v) is 4.15. The molecule has 0 aliphatic heterocycles. The van der Waals surface area contributed by atoms with Gasteiger partial charge in [0, 0.05) is 10.4 Å². The van der Waals surface area contributed by atoms with Crippen LogP contribution in [0.5, 0.6) is 5.75 Å². The first kappa shape index (κ1) is 20.2. The zero-order valence-corrected chi connectivity index (χ0v) is 19.3. The van der Waals surface area contributed by atoms with Gasteiger partial charge in [0.2, 0.25) is 0 Å². The smallest absolute Gasteiger partial charge is 0.282 e. The Hall–Kier alpha value is -1.51. The summed E-state index contributed by atoms with van der Waals surface area (Å²) in [6, 6.07) is 8.90. The van der Waals surface area contributed by atoms with Crippen molar-refractivity contribution in [1.29, 1.82) is 0 Å². The van der Waals surface area contributed by atoms with E-state index in [1.165, 1.54) is 4.68 Å². The maximum absolute atomic E-state index is 13.1. The third kappa shape index (κ3) is 4.17. The normalized spacial score (nSPS) is 12.8. The lowest BCUT2D eigenvalue weighted by Gasteiger charge is -2.14. The number of aromatic nitrogens is 2. The maximum atomic E-state index is 13.1. The van der Waals surface area contributed by atoms with Crippen LogP contribution in [0.1, 0.15) is 37.6 Å². The number of fused-ring (bicyclic) bond motifs is 1. The first-order chi connectivity index (χ1) is 12.8. The molecule has 8 heteroatoms. The van der Waals surface area contributed by atoms with Gasteiger partial charge in [0.15, 0.2) is 0 Å². The number of aromatic hydroxyl groups is 1. The second-order valence-corrected chi connectivity index (χ2v) is 8.76. The van der Waals surface area contributed by atoms with E-state index in [1.807, 2.05) is 26.0 Å². The van der Waals surface area contributed by atoms with E-state index in [4.69, 9.17) is 0 Å². The molecule has 0 aliphatic carbocycles. The Bertz CT molecular complexity index is 1090. The highest BCUT2D eigenvalue weighted by Gasteiger charge is 2.15. The van der Waals surface area contributed by atoms with E-state index in [2.05, 4.69) is 57.9 Å². The summed E-state index contributed by atoms with van der Waals surface area (Å²) in [5.41, 5.74) is 1.16. The molecule has 0 bridgehead atoms. The molecule has 0 unspecified atom stereocenters. The summed E-state index contributed by atoms with van der Waals surface area (Å²) in [6.07, 6.45) is 2.41. The second-order valence-electron chi connectivity index (χ2n) is 6.14. The van der Waals surface area contributed by atoms with Gasteiger partial charge >= 0.3 is 0 Å². The molecule has 1 aromatic heterocycles. The highest BCUT2D eigenvalue weighted by Crippen LogP contribution is 2.32. The summed E-state index contributed by atoms with van der Waals surface area (Å²) < 4.78 is 3.24. The van der Waals surface area contributed by atoms with Gasteiger partial charge in [-0.2, -0.15) is 9.78 Å². The van der Waals surface area contributed by atoms with Crippen LogP contribution in [0.3, 0.4) is 0 Å². The average Bonchev–Trinajstić information content (AvgIpc) is 2.64. The first-order valence-corrected chi connectivity index (χ1v) is 10.6. The summed E-state index contributed by atoms with van der Waals surface area (Å²) in [6.45, 7) is 4.07. The van der Waals surface area contributed by atoms with Gasteiger partial charge in [-0.1, -0.05) is 29.8 Å². The molecule has 0 amide bonds. The first-order valence-electron chi connectivity index (χ1n) is 8.26. The van der Waals surface area contributed by atoms with Gasteiger partial charge in [-0.05, 0) is 74.2 Å². The lowest BCUT2D eigenvalue weighted by Crippen LogP contribution is -2.23. The summed E-state index contributed by atoms with van der Waals surface area (Å²) >= 11 is 10.0. The highest BCUT2D eigenvalue weighted by atomic mass is 79.9. The van der Waals surface area contributed by atoms with E-state index in [-0.39, 0.29) is 17.2 Å². The molecule has 0 saturated carbocycles. The van der Waals surface area contributed by atoms with E-state index in [0.29, 0.717) is 25.7 Å². The molecule has 2 aromatic carbocycles. The van der Waals surface area contributed by atoms with Crippen molar-refractivity contribution in [3.05, 3.63) is 65.5 Å². The molecule has 3 rings (SSSR count). The molecule has 3 aromatic rings. The Morgan fingerprint density at radius 2 is 1.89 bits per heavy atom. The Morgan fingerprint density at radius 3 is 2.52 bits per heavy atom. The number of hydrogen-bond donors (Lipinski definition) is 1. The molecule has 5 nitrogen and oxygen atoms in total. The predicted octanol–water partition coefficient (Wildman–Crippen LogP) is 5.79. The number of rotatable bonds is 4. The van der Waals surface area contributed by atoms with Crippen LogP contribution < -0.4 is 5.56 Å². The van der Waals surface area contributed by atoms with Gasteiger partial charge in [0.25, 0.3) is 5.56 Å². The molecule has 0 aliphatic rings. The van der Waals surface area contributed by atoms with Crippen LogP contribution in [0.15, 0.2) is 53.6 Å². The minimum atomic E-state index is -0.218. The van der Waals surface area contributed by atoms with Gasteiger partial charge in [-0.3, -0.25) is 4.79 Å². The van der Waals surface area contributed by atoms with Crippen molar-refractivity contribution < 1.29 is 5.11 Å². The lowest BCUT2D eigenvalue weighted by atomic mass is 10.1. The largest absolute Gasteiger partial charge is 0.506 e. The SMILES string of the molecule is CC[C@@H](C)c1nc2ccc(Br)cc2c(=O)n1N=Cc1cc(Br)c(O)c(Br)c1. The van der Waals surface area contributed by atoms with Gasteiger partial charge in [-0.15, -0.1) is 0 Å². The van der Waals surface area contributed by atoms with Crippen molar-refractivity contribution in [3.63, 3.8) is 0 Å². The predicted molar refractivity (Wildman–Crippen MR) is 119 cm³/mol. The van der Waals surface area contributed by atoms with Crippen LogP contribution in [0.25, 0.3) is 10.9 Å². The van der Waals surface area contributed by atoms with Crippen LogP contribution in [0.4, 0.5) is 0 Å². The number of phenols is 1. The molecule has 1 heterocycles. The van der Waals surface area contributed by atoms with Crippen molar-refractivity contribution in [2.45, 2.75) is 26.2 Å². The van der Waals surface area contributed by atoms with E-state index in [9.17, 15) is 9.90 Å². The number of phenolic OH excluding ortho intramolecular Hbond substituents is 1. The Balaban J connectivity index is 2.19. The molecule has 0 saturated heterocycles. The molecule has 0 spiro atoms. The lowest BCUT2D eigenvalue weighted by molar-refractivity contribution is 0.468. The number of halogens is 3. The fraction of sp³-hybridized carbons (Fsp3) is 0.211. The summed E-state index contributed by atoms with van der Waals surface area (Å²) in [7, 11) is 0. The van der Waals surface area contributed by atoms with Gasteiger partial charge in [0.05, 0.1) is 26.1 Å². The number of nitrogens with zero attached hydrogens (tertiary/aromatic N) is 3. The average molecular weight is 558 g/mol. The van der Waals surface area contributed by atoms with Crippen molar-refractivity contribution in [3.8, 4) is 5.75 Å². The van der Waals surface area contributed by atoms with Crippen molar-refractivity contribution >= 4 is 64.9 Å².